The van der Waals surface area contributed by atoms with Gasteiger partial charge in [-0.3, -0.25) is 9.69 Å². The monoisotopic (exact) mass is 445 g/mol. The van der Waals surface area contributed by atoms with Gasteiger partial charge in [-0.2, -0.15) is 0 Å². The number of methoxy groups -OCH3 is 1. The molecule has 0 saturated carbocycles. The fraction of sp³-hybridized carbons (Fsp3) is 0.583. The van der Waals surface area contributed by atoms with Gasteiger partial charge in [0.05, 0.1) is 31.6 Å². The summed E-state index contributed by atoms with van der Waals surface area (Å²) in [6.07, 6.45) is 1.03. The van der Waals surface area contributed by atoms with Gasteiger partial charge in [0, 0.05) is 31.2 Å². The first kappa shape index (κ1) is 24.1. The Bertz CT molecular complexity index is 870. The van der Waals surface area contributed by atoms with Crippen LogP contribution in [0.5, 0.6) is 11.5 Å². The van der Waals surface area contributed by atoms with Crippen molar-refractivity contribution in [1.82, 2.24) is 15.4 Å². The number of amides is 1. The highest BCUT2D eigenvalue weighted by Crippen LogP contribution is 2.29. The molecule has 2 heterocycles. The van der Waals surface area contributed by atoms with Gasteiger partial charge in [0.1, 0.15) is 12.4 Å². The van der Waals surface area contributed by atoms with Crippen LogP contribution in [-0.4, -0.2) is 62.0 Å². The van der Waals surface area contributed by atoms with Gasteiger partial charge in [-0.15, -0.1) is 0 Å². The first-order valence-corrected chi connectivity index (χ1v) is 11.2. The number of carbonyl (C=O) groups is 1. The van der Waals surface area contributed by atoms with Gasteiger partial charge in [-0.25, -0.2) is 0 Å². The molecule has 1 aromatic carbocycles. The number of aromatic nitrogens is 1. The molecule has 8 heteroatoms. The lowest BCUT2D eigenvalue weighted by atomic mass is 10.0. The minimum atomic E-state index is -0.123. The van der Waals surface area contributed by atoms with E-state index < -0.39 is 0 Å². The van der Waals surface area contributed by atoms with Crippen molar-refractivity contribution >= 4 is 5.91 Å². The Balaban J connectivity index is 1.62. The summed E-state index contributed by atoms with van der Waals surface area (Å²) in [6, 6.07) is 5.53. The first-order valence-electron chi connectivity index (χ1n) is 11.2. The van der Waals surface area contributed by atoms with E-state index in [-0.39, 0.29) is 5.91 Å². The summed E-state index contributed by atoms with van der Waals surface area (Å²) in [6.45, 7) is 12.4. The fourth-order valence-electron chi connectivity index (χ4n) is 3.95. The summed E-state index contributed by atoms with van der Waals surface area (Å²) in [7, 11) is 1.57. The molecular weight excluding hydrogens is 410 g/mol. The van der Waals surface area contributed by atoms with Crippen LogP contribution >= 0.6 is 0 Å². The van der Waals surface area contributed by atoms with E-state index in [0.29, 0.717) is 42.2 Å². The minimum Gasteiger partial charge on any atom is -0.493 e. The second kappa shape index (κ2) is 11.3. The van der Waals surface area contributed by atoms with Crippen molar-refractivity contribution in [2.24, 2.45) is 5.92 Å². The molecule has 1 atom stereocenters. The average molecular weight is 446 g/mol. The quantitative estimate of drug-likeness (QED) is 0.600. The maximum atomic E-state index is 12.9. The van der Waals surface area contributed by atoms with Crippen LogP contribution in [0.1, 0.15) is 47.6 Å². The zero-order valence-electron chi connectivity index (χ0n) is 19.8. The van der Waals surface area contributed by atoms with Crippen LogP contribution in [0.15, 0.2) is 22.7 Å². The van der Waals surface area contributed by atoms with E-state index in [0.717, 1.165) is 49.7 Å². The molecule has 32 heavy (non-hydrogen) atoms. The summed E-state index contributed by atoms with van der Waals surface area (Å²) in [5.74, 6) is 2.23. The van der Waals surface area contributed by atoms with E-state index in [4.69, 9.17) is 18.7 Å². The highest BCUT2D eigenvalue weighted by atomic mass is 16.5. The molecule has 3 rings (SSSR count). The molecule has 0 bridgehead atoms. The van der Waals surface area contributed by atoms with Crippen LogP contribution in [0.2, 0.25) is 0 Å². The van der Waals surface area contributed by atoms with Crippen LogP contribution in [0.3, 0.4) is 0 Å². The zero-order chi connectivity index (χ0) is 23.1. The molecule has 1 amide bonds. The van der Waals surface area contributed by atoms with Crippen LogP contribution in [-0.2, 0) is 11.3 Å². The predicted octanol–water partition coefficient (Wildman–Crippen LogP) is 3.36. The van der Waals surface area contributed by atoms with Crippen LogP contribution in [0.25, 0.3) is 0 Å². The fourth-order valence-corrected chi connectivity index (χ4v) is 3.95. The van der Waals surface area contributed by atoms with Crippen molar-refractivity contribution in [3.05, 3.63) is 40.8 Å². The summed E-state index contributed by atoms with van der Waals surface area (Å²) >= 11 is 0. The Morgan fingerprint density at radius 1 is 1.22 bits per heavy atom. The molecule has 1 aromatic heterocycles. The van der Waals surface area contributed by atoms with E-state index in [1.807, 2.05) is 13.8 Å². The molecule has 1 unspecified atom stereocenters. The number of aryl methyl sites for hydroxylation is 2. The number of carbonyl (C=O) groups excluding carboxylic acids is 1. The highest BCUT2D eigenvalue weighted by Gasteiger charge is 2.23. The number of nitrogens with one attached hydrogen (secondary N) is 1. The van der Waals surface area contributed by atoms with Crippen molar-refractivity contribution in [1.29, 1.82) is 0 Å². The Hall–Kier alpha value is -2.58. The molecule has 1 N–H and O–H groups in total. The predicted molar refractivity (Wildman–Crippen MR) is 121 cm³/mol. The maximum Gasteiger partial charge on any atom is 0.251 e. The van der Waals surface area contributed by atoms with Crippen LogP contribution < -0.4 is 14.8 Å². The molecule has 2 aromatic rings. The summed E-state index contributed by atoms with van der Waals surface area (Å²) < 4.78 is 22.0. The van der Waals surface area contributed by atoms with Gasteiger partial charge in [0.15, 0.2) is 11.5 Å². The molecule has 1 fully saturated rings. The van der Waals surface area contributed by atoms with E-state index >= 15 is 0 Å². The van der Waals surface area contributed by atoms with Gasteiger partial charge >= 0.3 is 0 Å². The summed E-state index contributed by atoms with van der Waals surface area (Å²) in [4.78, 5) is 15.3. The van der Waals surface area contributed by atoms with E-state index in [1.165, 1.54) is 0 Å². The Morgan fingerprint density at radius 3 is 2.59 bits per heavy atom. The average Bonchev–Trinajstić information content (AvgIpc) is 3.12. The van der Waals surface area contributed by atoms with Gasteiger partial charge < -0.3 is 24.1 Å². The normalized spacial score (nSPS) is 15.6. The molecular formula is C24H35N3O5. The summed E-state index contributed by atoms with van der Waals surface area (Å²) in [5.41, 5.74) is 2.25. The Kier molecular flexibility index (Phi) is 8.53. The lowest BCUT2D eigenvalue weighted by Gasteiger charge is -2.35. The zero-order valence-corrected chi connectivity index (χ0v) is 19.8. The molecule has 8 nitrogen and oxygen atoms in total. The number of benzene rings is 1. The van der Waals surface area contributed by atoms with Crippen molar-refractivity contribution in [2.75, 3.05) is 40.0 Å². The Labute approximate surface area is 190 Å². The number of nitrogens with zero attached hydrogens (tertiary/aromatic N) is 2. The van der Waals surface area contributed by atoms with Crippen molar-refractivity contribution in [3.8, 4) is 11.5 Å². The van der Waals surface area contributed by atoms with Crippen LogP contribution in [0, 0.1) is 19.8 Å². The number of morpholine rings is 1. The molecule has 176 valence electrons. The second-order valence-electron chi connectivity index (χ2n) is 8.60. The highest BCUT2D eigenvalue weighted by molar-refractivity contribution is 5.94. The lowest BCUT2D eigenvalue weighted by molar-refractivity contribution is 0.0124. The van der Waals surface area contributed by atoms with Gasteiger partial charge in [-0.1, -0.05) is 19.0 Å². The molecule has 1 aliphatic heterocycles. The molecule has 0 radical (unpaired) electrons. The number of ether oxygens (including phenoxy) is 3. The number of hydrogen-bond acceptors (Lipinski definition) is 7. The van der Waals surface area contributed by atoms with Crippen LogP contribution in [0.4, 0.5) is 0 Å². The number of hydrogen-bond donors (Lipinski definition) is 1. The van der Waals surface area contributed by atoms with E-state index in [9.17, 15) is 4.79 Å². The van der Waals surface area contributed by atoms with Gasteiger partial charge in [0.25, 0.3) is 5.91 Å². The van der Waals surface area contributed by atoms with Gasteiger partial charge in [0.2, 0.25) is 0 Å². The van der Waals surface area contributed by atoms with Crippen molar-refractivity contribution < 1.29 is 23.5 Å². The largest absolute Gasteiger partial charge is 0.493 e. The number of rotatable bonds is 10. The maximum absolute atomic E-state index is 12.9. The third kappa shape index (κ3) is 6.23. The van der Waals surface area contributed by atoms with E-state index in [1.54, 1.807) is 25.3 Å². The van der Waals surface area contributed by atoms with Crippen molar-refractivity contribution in [3.63, 3.8) is 0 Å². The van der Waals surface area contributed by atoms with Gasteiger partial charge in [-0.05, 0) is 44.4 Å². The molecule has 0 spiro atoms. The van der Waals surface area contributed by atoms with Crippen molar-refractivity contribution in [2.45, 2.75) is 46.8 Å². The smallest absolute Gasteiger partial charge is 0.251 e. The molecule has 1 aliphatic rings. The topological polar surface area (TPSA) is 86.1 Å². The molecule has 0 aliphatic carbocycles. The minimum absolute atomic E-state index is 0.123. The van der Waals surface area contributed by atoms with E-state index in [2.05, 4.69) is 29.2 Å². The summed E-state index contributed by atoms with van der Waals surface area (Å²) in [5, 5.41) is 7.05. The SMILES string of the molecule is COc1cc(C(=O)NCC(CC(C)C)N2CCOCC2)ccc1OCc1c(C)noc1C. The first-order chi connectivity index (χ1) is 15.4. The third-order valence-corrected chi connectivity index (χ3v) is 5.78. The standard InChI is InChI=1S/C24H35N3O5/c1-16(2)12-20(27-8-10-30-11-9-27)14-25-24(28)19-6-7-22(23(13-19)29-5)31-15-21-17(3)26-32-18(21)4/h6-7,13,16,20H,8-12,14-15H2,1-5H3,(H,25,28). The Morgan fingerprint density at radius 2 is 1.97 bits per heavy atom. The molecule has 1 saturated heterocycles. The lowest BCUT2D eigenvalue weighted by Crippen LogP contribution is -2.49. The second-order valence-corrected chi connectivity index (χ2v) is 8.60. The third-order valence-electron chi connectivity index (χ3n) is 5.78.